The molecule has 0 aliphatic rings. The summed E-state index contributed by atoms with van der Waals surface area (Å²) in [5.41, 5.74) is 0.913. The first-order valence-electron chi connectivity index (χ1n) is 4.19. The molecule has 1 N–H and O–H groups in total. The van der Waals surface area contributed by atoms with Crippen molar-refractivity contribution in [3.63, 3.8) is 0 Å². The van der Waals surface area contributed by atoms with Gasteiger partial charge in [-0.15, -0.1) is 0 Å². The maximum Gasteiger partial charge on any atom is 0.355 e. The fourth-order valence-electron chi connectivity index (χ4n) is 1.20. The summed E-state index contributed by atoms with van der Waals surface area (Å²) in [5.74, 6) is -0.859. The van der Waals surface area contributed by atoms with Crippen LogP contribution in [0, 0.1) is 0 Å². The molecule has 78 valence electrons. The van der Waals surface area contributed by atoms with E-state index in [1.165, 1.54) is 19.4 Å². The molecule has 0 unspecified atom stereocenters. The van der Waals surface area contributed by atoms with Gasteiger partial charge in [-0.05, 0) is 11.6 Å². The van der Waals surface area contributed by atoms with E-state index in [2.05, 4.69) is 18.1 Å². The minimum atomic E-state index is -1.12. The molecule has 0 amide bonds. The Morgan fingerprint density at radius 3 is 2.80 bits per heavy atom. The molecule has 15 heavy (non-hydrogen) atoms. The zero-order valence-electron chi connectivity index (χ0n) is 8.36. The second kappa shape index (κ2) is 4.41. The molecule has 0 bridgehead atoms. The number of pyridine rings is 1. The van der Waals surface area contributed by atoms with Crippen molar-refractivity contribution in [1.82, 2.24) is 4.98 Å². The van der Waals surface area contributed by atoms with Crippen molar-refractivity contribution < 1.29 is 14.6 Å². The van der Waals surface area contributed by atoms with Crippen molar-refractivity contribution >= 4 is 17.8 Å². The first-order valence-corrected chi connectivity index (χ1v) is 4.19. The van der Waals surface area contributed by atoms with Gasteiger partial charge in [0.05, 0.1) is 12.7 Å². The van der Waals surface area contributed by atoms with E-state index in [-0.39, 0.29) is 11.5 Å². The second-order valence-corrected chi connectivity index (χ2v) is 2.76. The molecule has 0 aliphatic carbocycles. The lowest BCUT2D eigenvalue weighted by atomic mass is 10.1. The highest BCUT2D eigenvalue weighted by molar-refractivity contribution is 5.93. The summed E-state index contributed by atoms with van der Waals surface area (Å²) in [6, 6.07) is 1.65. The van der Waals surface area contributed by atoms with Crippen molar-refractivity contribution in [3.05, 3.63) is 42.2 Å². The van der Waals surface area contributed by atoms with Gasteiger partial charge in [-0.3, -0.25) is 0 Å². The molecule has 0 atom stereocenters. The highest BCUT2D eigenvalue weighted by atomic mass is 16.5. The van der Waals surface area contributed by atoms with Gasteiger partial charge in [0.15, 0.2) is 5.69 Å². The molecular formula is C11H11NO3. The number of carboxylic acids is 1. The Balaban J connectivity index is 3.46. The molecule has 0 fully saturated rings. The molecule has 0 aliphatic heterocycles. The Kier molecular flexibility index (Phi) is 3.23. The third-order valence-corrected chi connectivity index (χ3v) is 1.93. The predicted octanol–water partition coefficient (Wildman–Crippen LogP) is 2.04. The van der Waals surface area contributed by atoms with Crippen LogP contribution in [0.15, 0.2) is 25.4 Å². The van der Waals surface area contributed by atoms with Crippen molar-refractivity contribution in [2.45, 2.75) is 0 Å². The fraction of sp³-hybridized carbons (Fsp3) is 0.0909. The summed E-state index contributed by atoms with van der Waals surface area (Å²) in [5, 5.41) is 8.94. The standard InChI is InChI=1S/C11H11NO3/c1-4-8-5-6-12-10(11(13)14)9(8)7(2)15-3/h4-6H,1-2H2,3H3,(H,13,14). The van der Waals surface area contributed by atoms with Crippen LogP contribution in [0.3, 0.4) is 0 Å². The monoisotopic (exact) mass is 205 g/mol. The average molecular weight is 205 g/mol. The van der Waals surface area contributed by atoms with E-state index < -0.39 is 5.97 Å². The number of carboxylic acid groups (broad SMARTS) is 1. The Labute approximate surface area is 87.5 Å². The van der Waals surface area contributed by atoms with Gasteiger partial charge in [0.25, 0.3) is 0 Å². The van der Waals surface area contributed by atoms with Crippen LogP contribution in [0.5, 0.6) is 0 Å². The SMILES string of the molecule is C=Cc1ccnc(C(=O)O)c1C(=C)OC. The quantitative estimate of drug-likeness (QED) is 0.764. The third-order valence-electron chi connectivity index (χ3n) is 1.93. The summed E-state index contributed by atoms with van der Waals surface area (Å²) < 4.78 is 4.92. The third kappa shape index (κ3) is 2.04. The number of ether oxygens (including phenoxy) is 1. The molecule has 0 saturated heterocycles. The molecule has 1 aromatic rings. The highest BCUT2D eigenvalue weighted by Gasteiger charge is 2.17. The molecule has 0 saturated carbocycles. The summed E-state index contributed by atoms with van der Waals surface area (Å²) in [4.78, 5) is 14.7. The van der Waals surface area contributed by atoms with Crippen LogP contribution in [0.2, 0.25) is 0 Å². The molecule has 1 heterocycles. The largest absolute Gasteiger partial charge is 0.497 e. The Morgan fingerprint density at radius 2 is 2.33 bits per heavy atom. The maximum absolute atomic E-state index is 10.9. The zero-order chi connectivity index (χ0) is 11.4. The lowest BCUT2D eigenvalue weighted by Gasteiger charge is -2.10. The molecule has 1 rings (SSSR count). The zero-order valence-corrected chi connectivity index (χ0v) is 8.36. The van der Waals surface area contributed by atoms with E-state index in [1.807, 2.05) is 0 Å². The van der Waals surface area contributed by atoms with Gasteiger partial charge in [0, 0.05) is 6.20 Å². The minimum Gasteiger partial charge on any atom is -0.497 e. The number of aromatic nitrogens is 1. The van der Waals surface area contributed by atoms with Gasteiger partial charge in [-0.2, -0.15) is 0 Å². The summed E-state index contributed by atoms with van der Waals surface area (Å²) in [6.07, 6.45) is 2.94. The van der Waals surface area contributed by atoms with Crippen LogP contribution in [-0.2, 0) is 4.74 Å². The Morgan fingerprint density at radius 1 is 1.67 bits per heavy atom. The van der Waals surface area contributed by atoms with Gasteiger partial charge >= 0.3 is 5.97 Å². The fourth-order valence-corrected chi connectivity index (χ4v) is 1.20. The smallest absolute Gasteiger partial charge is 0.355 e. The number of rotatable bonds is 4. The lowest BCUT2D eigenvalue weighted by Crippen LogP contribution is -2.07. The summed E-state index contributed by atoms with van der Waals surface area (Å²) >= 11 is 0. The van der Waals surface area contributed by atoms with Gasteiger partial charge in [-0.25, -0.2) is 9.78 Å². The summed E-state index contributed by atoms with van der Waals surface area (Å²) in [6.45, 7) is 7.21. The van der Waals surface area contributed by atoms with Gasteiger partial charge < -0.3 is 9.84 Å². The van der Waals surface area contributed by atoms with E-state index >= 15 is 0 Å². The molecule has 0 spiro atoms. The Bertz CT molecular complexity index is 424. The highest BCUT2D eigenvalue weighted by Crippen LogP contribution is 2.22. The second-order valence-electron chi connectivity index (χ2n) is 2.76. The van der Waals surface area contributed by atoms with Crippen molar-refractivity contribution in [2.75, 3.05) is 7.11 Å². The van der Waals surface area contributed by atoms with Crippen molar-refractivity contribution in [3.8, 4) is 0 Å². The molecule has 0 radical (unpaired) electrons. The molecule has 0 aromatic carbocycles. The van der Waals surface area contributed by atoms with Gasteiger partial charge in [-0.1, -0.05) is 19.2 Å². The molecule has 1 aromatic heterocycles. The van der Waals surface area contributed by atoms with Crippen molar-refractivity contribution in [2.24, 2.45) is 0 Å². The number of aromatic carboxylic acids is 1. The summed E-state index contributed by atoms with van der Waals surface area (Å²) in [7, 11) is 1.42. The average Bonchev–Trinajstić information content (AvgIpc) is 2.26. The van der Waals surface area contributed by atoms with Gasteiger partial charge in [0.2, 0.25) is 0 Å². The Hall–Kier alpha value is -2.10. The number of hydrogen-bond donors (Lipinski definition) is 1. The van der Waals surface area contributed by atoms with Crippen LogP contribution in [0.4, 0.5) is 0 Å². The predicted molar refractivity (Wildman–Crippen MR) is 57.3 cm³/mol. The van der Waals surface area contributed by atoms with Crippen LogP contribution < -0.4 is 0 Å². The van der Waals surface area contributed by atoms with Crippen LogP contribution in [0.1, 0.15) is 21.6 Å². The van der Waals surface area contributed by atoms with Gasteiger partial charge in [0.1, 0.15) is 5.76 Å². The molecular weight excluding hydrogens is 194 g/mol. The number of methoxy groups -OCH3 is 1. The normalized spacial score (nSPS) is 9.40. The van der Waals surface area contributed by atoms with E-state index in [9.17, 15) is 4.79 Å². The van der Waals surface area contributed by atoms with Crippen LogP contribution >= 0.6 is 0 Å². The van der Waals surface area contributed by atoms with Crippen molar-refractivity contribution in [1.29, 1.82) is 0 Å². The van der Waals surface area contributed by atoms with E-state index in [1.54, 1.807) is 6.07 Å². The van der Waals surface area contributed by atoms with E-state index in [4.69, 9.17) is 9.84 Å². The van der Waals surface area contributed by atoms with Crippen LogP contribution in [0.25, 0.3) is 11.8 Å². The van der Waals surface area contributed by atoms with E-state index in [0.717, 1.165) is 0 Å². The lowest BCUT2D eigenvalue weighted by molar-refractivity contribution is 0.0689. The first kappa shape index (κ1) is 11.0. The molecule has 4 heteroatoms. The minimum absolute atomic E-state index is 0.0840. The maximum atomic E-state index is 10.9. The van der Waals surface area contributed by atoms with E-state index in [0.29, 0.717) is 11.1 Å². The molecule has 4 nitrogen and oxygen atoms in total. The topological polar surface area (TPSA) is 59.4 Å². The first-order chi connectivity index (χ1) is 7.11. The number of hydrogen-bond acceptors (Lipinski definition) is 3. The number of nitrogens with zero attached hydrogens (tertiary/aromatic N) is 1. The van der Waals surface area contributed by atoms with Crippen LogP contribution in [-0.4, -0.2) is 23.2 Å². The number of carbonyl (C=O) groups is 1.